The van der Waals surface area contributed by atoms with Crippen molar-refractivity contribution in [3.05, 3.63) is 58.5 Å². The summed E-state index contributed by atoms with van der Waals surface area (Å²) in [5.41, 5.74) is 0.587. The number of aromatic nitrogens is 2. The van der Waals surface area contributed by atoms with Crippen molar-refractivity contribution < 1.29 is 14.8 Å². The van der Waals surface area contributed by atoms with E-state index < -0.39 is 10.9 Å². The highest BCUT2D eigenvalue weighted by Crippen LogP contribution is 2.31. The molecule has 106 valence electrons. The molecule has 1 N–H and O–H groups in total. The van der Waals surface area contributed by atoms with E-state index in [4.69, 9.17) is 0 Å². The van der Waals surface area contributed by atoms with E-state index >= 15 is 0 Å². The van der Waals surface area contributed by atoms with Crippen molar-refractivity contribution in [2.45, 2.75) is 6.54 Å². The molecule has 0 saturated heterocycles. The van der Waals surface area contributed by atoms with Gasteiger partial charge in [-0.15, -0.1) is 0 Å². The topological polar surface area (TPSA) is 102 Å². The number of rotatable bonds is 3. The summed E-state index contributed by atoms with van der Waals surface area (Å²) >= 11 is 0. The Morgan fingerprint density at radius 3 is 2.95 bits per heavy atom. The summed E-state index contributed by atoms with van der Waals surface area (Å²) in [6, 6.07) is 5.96. The molecule has 0 bridgehead atoms. The maximum atomic E-state index is 11.2. The van der Waals surface area contributed by atoms with Gasteiger partial charge in [0.15, 0.2) is 0 Å². The first kappa shape index (κ1) is 12.9. The second-order valence-corrected chi connectivity index (χ2v) is 4.46. The number of aliphatic carboxylic acids is 1. The number of nitro groups is 1. The molecule has 0 radical (unpaired) electrons. The Bertz CT molecular complexity index is 765. The van der Waals surface area contributed by atoms with Crippen molar-refractivity contribution in [2.24, 2.45) is 0 Å². The molecule has 0 aliphatic carbocycles. The average molecular weight is 286 g/mol. The quantitative estimate of drug-likeness (QED) is 0.683. The monoisotopic (exact) mass is 286 g/mol. The summed E-state index contributed by atoms with van der Waals surface area (Å²) in [6.45, 7) is 0.204. The lowest BCUT2D eigenvalue weighted by Crippen LogP contribution is -2.24. The van der Waals surface area contributed by atoms with E-state index in [1.165, 1.54) is 23.2 Å². The minimum absolute atomic E-state index is 0.0681. The number of nitro benzene ring substituents is 1. The molecule has 0 fully saturated rings. The van der Waals surface area contributed by atoms with Crippen molar-refractivity contribution in [1.82, 2.24) is 9.55 Å². The Kier molecular flexibility index (Phi) is 2.90. The van der Waals surface area contributed by atoms with E-state index in [-0.39, 0.29) is 17.8 Å². The molecule has 1 aromatic heterocycles. The Morgan fingerprint density at radius 1 is 1.43 bits per heavy atom. The van der Waals surface area contributed by atoms with Gasteiger partial charge in [0.25, 0.3) is 5.69 Å². The van der Waals surface area contributed by atoms with Gasteiger partial charge in [-0.2, -0.15) is 0 Å². The zero-order valence-corrected chi connectivity index (χ0v) is 10.7. The van der Waals surface area contributed by atoms with Crippen LogP contribution < -0.4 is 4.90 Å². The summed E-state index contributed by atoms with van der Waals surface area (Å²) in [5.74, 6) is -0.523. The molecular weight excluding hydrogens is 276 g/mol. The normalized spacial score (nSPS) is 13.5. The third kappa shape index (κ3) is 2.22. The van der Waals surface area contributed by atoms with Crippen LogP contribution in [-0.4, -0.2) is 25.6 Å². The molecule has 3 rings (SSSR count). The van der Waals surface area contributed by atoms with Gasteiger partial charge >= 0.3 is 5.97 Å². The van der Waals surface area contributed by atoms with E-state index in [0.717, 1.165) is 0 Å². The summed E-state index contributed by atoms with van der Waals surface area (Å²) in [7, 11) is 0. The Morgan fingerprint density at radius 2 is 2.24 bits per heavy atom. The second-order valence-electron chi connectivity index (χ2n) is 4.46. The summed E-state index contributed by atoms with van der Waals surface area (Å²) in [5, 5.41) is 20.0. The smallest absolute Gasteiger partial charge is 0.334 e. The van der Waals surface area contributed by atoms with Gasteiger partial charge in [0.2, 0.25) is 5.95 Å². The summed E-state index contributed by atoms with van der Waals surface area (Å²) in [6.07, 6.45) is 4.65. The van der Waals surface area contributed by atoms with Crippen LogP contribution in [0.3, 0.4) is 0 Å². The number of hydrogen-bond donors (Lipinski definition) is 1. The molecule has 21 heavy (non-hydrogen) atoms. The first-order valence-corrected chi connectivity index (χ1v) is 6.05. The van der Waals surface area contributed by atoms with Crippen molar-refractivity contribution in [3.8, 4) is 0 Å². The SMILES string of the molecule is O=C(O)C1=CN(c2cccc([N+](=O)[O-])c2)c2nccn2C1. The van der Waals surface area contributed by atoms with Crippen LogP contribution in [-0.2, 0) is 11.3 Å². The van der Waals surface area contributed by atoms with Crippen LogP contribution in [0.4, 0.5) is 17.3 Å². The number of anilines is 2. The molecule has 8 nitrogen and oxygen atoms in total. The van der Waals surface area contributed by atoms with Crippen LogP contribution >= 0.6 is 0 Å². The predicted octanol–water partition coefficient (Wildman–Crippen LogP) is 1.91. The first-order chi connectivity index (χ1) is 10.1. The Balaban J connectivity index is 2.10. The highest BCUT2D eigenvalue weighted by Gasteiger charge is 2.23. The van der Waals surface area contributed by atoms with Crippen LogP contribution in [0, 0.1) is 10.1 Å². The molecule has 0 saturated carbocycles. The number of hydrogen-bond acceptors (Lipinski definition) is 5. The molecular formula is C13H10N4O4. The van der Waals surface area contributed by atoms with Crippen molar-refractivity contribution in [1.29, 1.82) is 0 Å². The van der Waals surface area contributed by atoms with Gasteiger partial charge in [-0.05, 0) is 6.07 Å². The lowest BCUT2D eigenvalue weighted by Gasteiger charge is -2.25. The molecule has 0 spiro atoms. The first-order valence-electron chi connectivity index (χ1n) is 6.05. The van der Waals surface area contributed by atoms with Gasteiger partial charge in [-0.1, -0.05) is 6.07 Å². The number of carbonyl (C=O) groups is 1. The Labute approximate surface area is 118 Å². The number of non-ortho nitro benzene ring substituents is 1. The summed E-state index contributed by atoms with van der Waals surface area (Å²) in [4.78, 5) is 27.3. The molecule has 2 heterocycles. The second kappa shape index (κ2) is 4.75. The number of imidazole rings is 1. The van der Waals surface area contributed by atoms with E-state index in [1.807, 2.05) is 0 Å². The van der Waals surface area contributed by atoms with E-state index in [9.17, 15) is 20.0 Å². The van der Waals surface area contributed by atoms with Crippen LogP contribution in [0.1, 0.15) is 0 Å². The molecule has 8 heteroatoms. The fourth-order valence-corrected chi connectivity index (χ4v) is 2.15. The van der Waals surface area contributed by atoms with Crippen molar-refractivity contribution in [3.63, 3.8) is 0 Å². The predicted molar refractivity (Wildman–Crippen MR) is 73.2 cm³/mol. The minimum atomic E-state index is -1.04. The van der Waals surface area contributed by atoms with Gasteiger partial charge in [0, 0.05) is 30.7 Å². The number of carboxylic acids is 1. The van der Waals surface area contributed by atoms with Crippen molar-refractivity contribution >= 4 is 23.3 Å². The summed E-state index contributed by atoms with van der Waals surface area (Å²) < 4.78 is 1.67. The molecule has 0 atom stereocenters. The third-order valence-corrected chi connectivity index (χ3v) is 3.13. The van der Waals surface area contributed by atoms with Crippen LogP contribution in [0.5, 0.6) is 0 Å². The standard InChI is InChI=1S/C13H10N4O4/c18-12(19)9-7-15-5-4-14-13(15)16(8-9)10-2-1-3-11(6-10)17(20)21/h1-6,8H,7H2,(H,18,19). The average Bonchev–Trinajstić information content (AvgIpc) is 2.94. The maximum absolute atomic E-state index is 11.2. The maximum Gasteiger partial charge on any atom is 0.334 e. The van der Waals surface area contributed by atoms with Gasteiger partial charge < -0.3 is 9.67 Å². The molecule has 1 aromatic carbocycles. The zero-order chi connectivity index (χ0) is 15.0. The molecule has 1 aliphatic rings. The van der Waals surface area contributed by atoms with E-state index in [1.54, 1.807) is 29.1 Å². The van der Waals surface area contributed by atoms with Gasteiger partial charge in [0.05, 0.1) is 22.7 Å². The largest absolute Gasteiger partial charge is 0.478 e. The zero-order valence-electron chi connectivity index (χ0n) is 10.7. The lowest BCUT2D eigenvalue weighted by atomic mass is 10.2. The van der Waals surface area contributed by atoms with Gasteiger partial charge in [-0.3, -0.25) is 15.0 Å². The molecule has 2 aromatic rings. The number of fused-ring (bicyclic) bond motifs is 1. The molecule has 1 aliphatic heterocycles. The highest BCUT2D eigenvalue weighted by atomic mass is 16.6. The van der Waals surface area contributed by atoms with Crippen LogP contribution in [0.25, 0.3) is 0 Å². The number of nitrogens with zero attached hydrogens (tertiary/aromatic N) is 4. The third-order valence-electron chi connectivity index (χ3n) is 3.13. The fourth-order valence-electron chi connectivity index (χ4n) is 2.15. The number of carboxylic acid groups (broad SMARTS) is 1. The van der Waals surface area contributed by atoms with Gasteiger partial charge in [0.1, 0.15) is 0 Å². The van der Waals surface area contributed by atoms with Crippen molar-refractivity contribution in [2.75, 3.05) is 4.90 Å². The number of benzene rings is 1. The lowest BCUT2D eigenvalue weighted by molar-refractivity contribution is -0.384. The van der Waals surface area contributed by atoms with Crippen LogP contribution in [0.15, 0.2) is 48.4 Å². The fraction of sp³-hybridized carbons (Fsp3) is 0.0769. The minimum Gasteiger partial charge on any atom is -0.478 e. The molecule has 0 unspecified atom stereocenters. The highest BCUT2D eigenvalue weighted by molar-refractivity contribution is 5.88. The Hall–Kier alpha value is -3.16. The van der Waals surface area contributed by atoms with Gasteiger partial charge in [-0.25, -0.2) is 9.78 Å². The van der Waals surface area contributed by atoms with E-state index in [0.29, 0.717) is 11.6 Å². The van der Waals surface area contributed by atoms with E-state index in [2.05, 4.69) is 4.98 Å². The molecule has 0 amide bonds. The van der Waals surface area contributed by atoms with Crippen LogP contribution in [0.2, 0.25) is 0 Å².